The van der Waals surface area contributed by atoms with Crippen molar-refractivity contribution in [2.75, 3.05) is 25.7 Å². The van der Waals surface area contributed by atoms with E-state index in [1.807, 2.05) is 0 Å². The number of nitrogens with two attached hydrogens (primary N) is 1. The summed E-state index contributed by atoms with van der Waals surface area (Å²) < 4.78 is 30.4. The molecule has 2 rings (SSSR count). The van der Waals surface area contributed by atoms with Gasteiger partial charge in [0, 0.05) is 19.2 Å². The maximum absolute atomic E-state index is 13.7. The molecule has 0 radical (unpaired) electrons. The Hall–Kier alpha value is -1.85. The molecule has 18 heavy (non-hydrogen) atoms. The molecule has 1 saturated heterocycles. The van der Waals surface area contributed by atoms with E-state index in [0.29, 0.717) is 13.1 Å². The highest BCUT2D eigenvalue weighted by Gasteiger charge is 2.23. The zero-order chi connectivity index (χ0) is 13.1. The summed E-state index contributed by atoms with van der Waals surface area (Å²) in [6.07, 6.45) is 1.83. The lowest BCUT2D eigenvalue weighted by Gasteiger charge is -2.16. The van der Waals surface area contributed by atoms with Gasteiger partial charge in [-0.2, -0.15) is 0 Å². The second-order valence-electron chi connectivity index (χ2n) is 4.12. The fraction of sp³-hybridized carbons (Fsp3) is 0.417. The molecule has 1 heterocycles. The highest BCUT2D eigenvalue weighted by molar-refractivity contribution is 5.95. The van der Waals surface area contributed by atoms with Gasteiger partial charge >= 0.3 is 0 Å². The summed E-state index contributed by atoms with van der Waals surface area (Å²) in [5.74, 6) is -1.13. The van der Waals surface area contributed by atoms with Crippen LogP contribution >= 0.6 is 0 Å². The Bertz CT molecular complexity index is 460. The van der Waals surface area contributed by atoms with E-state index in [1.54, 1.807) is 4.90 Å². The molecule has 0 unspecified atom stereocenters. The van der Waals surface area contributed by atoms with Crippen LogP contribution in [0.5, 0.6) is 5.75 Å². The van der Waals surface area contributed by atoms with Crippen LogP contribution in [0.4, 0.5) is 14.5 Å². The molecule has 1 aromatic rings. The third-order valence-electron chi connectivity index (χ3n) is 2.93. The standard InChI is InChI=1S/C12H14F2N2O2/c13-7-18-11-5-8(9(14)6-10(11)15)12(17)16-3-1-2-4-16/h5-6H,1-4,7,15H2. The van der Waals surface area contributed by atoms with Crippen molar-refractivity contribution in [3.8, 4) is 5.75 Å². The van der Waals surface area contributed by atoms with E-state index in [-0.39, 0.29) is 17.0 Å². The maximum Gasteiger partial charge on any atom is 0.256 e. The van der Waals surface area contributed by atoms with Crippen molar-refractivity contribution in [3.05, 3.63) is 23.5 Å². The minimum Gasteiger partial charge on any atom is -0.461 e. The molecule has 6 heteroatoms. The van der Waals surface area contributed by atoms with E-state index in [2.05, 4.69) is 4.74 Å². The summed E-state index contributed by atoms with van der Waals surface area (Å²) in [6, 6.07) is 2.14. The minimum atomic E-state index is -1.08. The number of rotatable bonds is 3. The van der Waals surface area contributed by atoms with Gasteiger partial charge in [0.1, 0.15) is 11.6 Å². The summed E-state index contributed by atoms with van der Waals surface area (Å²) in [5, 5.41) is 0. The number of nitrogen functional groups attached to an aromatic ring is 1. The van der Waals surface area contributed by atoms with Crippen molar-refractivity contribution < 1.29 is 18.3 Å². The SMILES string of the molecule is Nc1cc(F)c(C(=O)N2CCCC2)cc1OCF. The number of halogens is 2. The Balaban J connectivity index is 2.31. The molecule has 0 saturated carbocycles. The molecule has 0 atom stereocenters. The molecule has 0 aromatic heterocycles. The smallest absolute Gasteiger partial charge is 0.256 e. The molecule has 4 nitrogen and oxygen atoms in total. The van der Waals surface area contributed by atoms with Crippen molar-refractivity contribution in [2.24, 2.45) is 0 Å². The third-order valence-corrected chi connectivity index (χ3v) is 2.93. The van der Waals surface area contributed by atoms with Gasteiger partial charge in [-0.05, 0) is 18.9 Å². The van der Waals surface area contributed by atoms with Crippen LogP contribution in [0.15, 0.2) is 12.1 Å². The molecule has 0 bridgehead atoms. The Morgan fingerprint density at radius 1 is 1.39 bits per heavy atom. The van der Waals surface area contributed by atoms with Gasteiger partial charge in [-0.3, -0.25) is 4.79 Å². The normalized spacial score (nSPS) is 14.9. The fourth-order valence-electron chi connectivity index (χ4n) is 2.01. The number of nitrogens with zero attached hydrogens (tertiary/aromatic N) is 1. The van der Waals surface area contributed by atoms with E-state index in [4.69, 9.17) is 5.73 Å². The molecule has 1 aliphatic heterocycles. The number of anilines is 1. The van der Waals surface area contributed by atoms with Crippen molar-refractivity contribution >= 4 is 11.6 Å². The van der Waals surface area contributed by atoms with E-state index in [0.717, 1.165) is 25.0 Å². The monoisotopic (exact) mass is 256 g/mol. The fourth-order valence-corrected chi connectivity index (χ4v) is 2.01. The van der Waals surface area contributed by atoms with Crippen LogP contribution in [0.25, 0.3) is 0 Å². The van der Waals surface area contributed by atoms with Gasteiger partial charge in [-0.15, -0.1) is 0 Å². The lowest BCUT2D eigenvalue weighted by atomic mass is 10.1. The lowest BCUT2D eigenvalue weighted by Crippen LogP contribution is -2.28. The number of ether oxygens (including phenoxy) is 1. The van der Waals surface area contributed by atoms with E-state index < -0.39 is 18.6 Å². The first kappa shape index (κ1) is 12.6. The first-order valence-electron chi connectivity index (χ1n) is 5.70. The molecule has 2 N–H and O–H groups in total. The van der Waals surface area contributed by atoms with E-state index >= 15 is 0 Å². The molecule has 1 amide bonds. The Morgan fingerprint density at radius 3 is 2.67 bits per heavy atom. The molecular weight excluding hydrogens is 242 g/mol. The quantitative estimate of drug-likeness (QED) is 0.841. The van der Waals surface area contributed by atoms with Crippen LogP contribution in [0.2, 0.25) is 0 Å². The van der Waals surface area contributed by atoms with Crippen molar-refractivity contribution in [2.45, 2.75) is 12.8 Å². The number of likely N-dealkylation sites (tertiary alicyclic amines) is 1. The molecule has 0 spiro atoms. The minimum absolute atomic E-state index is 0.0125. The van der Waals surface area contributed by atoms with Crippen molar-refractivity contribution in [1.82, 2.24) is 4.90 Å². The number of amides is 1. The summed E-state index contributed by atoms with van der Waals surface area (Å²) in [7, 11) is 0. The van der Waals surface area contributed by atoms with Gasteiger partial charge in [-0.25, -0.2) is 8.78 Å². The zero-order valence-corrected chi connectivity index (χ0v) is 9.79. The number of hydrogen-bond acceptors (Lipinski definition) is 3. The van der Waals surface area contributed by atoms with E-state index in [9.17, 15) is 13.6 Å². The largest absolute Gasteiger partial charge is 0.461 e. The third kappa shape index (κ3) is 2.37. The number of alkyl halides is 1. The average Bonchev–Trinajstić information content (AvgIpc) is 2.85. The predicted octanol–water partition coefficient (Wildman–Crippen LogP) is 1.95. The van der Waals surface area contributed by atoms with E-state index in [1.165, 1.54) is 0 Å². The average molecular weight is 256 g/mol. The Labute approximate surface area is 103 Å². The summed E-state index contributed by atoms with van der Waals surface area (Å²) in [6.45, 7) is 0.150. The first-order valence-corrected chi connectivity index (χ1v) is 5.70. The van der Waals surface area contributed by atoms with Crippen LogP contribution in [-0.2, 0) is 0 Å². The topological polar surface area (TPSA) is 55.6 Å². The molecule has 1 aromatic carbocycles. The van der Waals surface area contributed by atoms with Crippen LogP contribution in [0.1, 0.15) is 23.2 Å². The first-order chi connectivity index (χ1) is 8.63. The lowest BCUT2D eigenvalue weighted by molar-refractivity contribution is 0.0787. The second-order valence-corrected chi connectivity index (χ2v) is 4.12. The van der Waals surface area contributed by atoms with Crippen molar-refractivity contribution in [1.29, 1.82) is 0 Å². The Morgan fingerprint density at radius 2 is 2.06 bits per heavy atom. The van der Waals surface area contributed by atoms with Gasteiger partial charge < -0.3 is 15.4 Å². The highest BCUT2D eigenvalue weighted by Crippen LogP contribution is 2.27. The second kappa shape index (κ2) is 5.20. The van der Waals surface area contributed by atoms with Crippen molar-refractivity contribution in [3.63, 3.8) is 0 Å². The summed E-state index contributed by atoms with van der Waals surface area (Å²) >= 11 is 0. The predicted molar refractivity (Wildman–Crippen MR) is 62.6 cm³/mol. The van der Waals surface area contributed by atoms with Crippen LogP contribution in [0.3, 0.4) is 0 Å². The number of carbonyl (C=O) groups is 1. The zero-order valence-electron chi connectivity index (χ0n) is 9.79. The highest BCUT2D eigenvalue weighted by atomic mass is 19.1. The van der Waals surface area contributed by atoms with Gasteiger partial charge in [0.25, 0.3) is 5.91 Å². The van der Waals surface area contributed by atoms with Gasteiger partial charge in [0.15, 0.2) is 0 Å². The van der Waals surface area contributed by atoms with Crippen LogP contribution in [-0.4, -0.2) is 30.8 Å². The molecular formula is C12H14F2N2O2. The summed E-state index contributed by atoms with van der Waals surface area (Å²) in [4.78, 5) is 13.6. The number of carbonyl (C=O) groups excluding carboxylic acids is 1. The van der Waals surface area contributed by atoms with Gasteiger partial charge in [0.05, 0.1) is 11.3 Å². The van der Waals surface area contributed by atoms with Gasteiger partial charge in [0.2, 0.25) is 6.86 Å². The number of benzene rings is 1. The maximum atomic E-state index is 13.7. The van der Waals surface area contributed by atoms with Crippen LogP contribution < -0.4 is 10.5 Å². The van der Waals surface area contributed by atoms with Gasteiger partial charge in [-0.1, -0.05) is 0 Å². The molecule has 0 aliphatic carbocycles. The number of hydrogen-bond donors (Lipinski definition) is 1. The molecule has 1 fully saturated rings. The molecule has 98 valence electrons. The molecule has 1 aliphatic rings. The Kier molecular flexibility index (Phi) is 3.64. The van der Waals surface area contributed by atoms with Crippen LogP contribution in [0, 0.1) is 5.82 Å². The summed E-state index contributed by atoms with van der Waals surface area (Å²) in [5.41, 5.74) is 5.32.